The fourth-order valence-electron chi connectivity index (χ4n) is 1.43. The molecule has 0 saturated heterocycles. The lowest BCUT2D eigenvalue weighted by Gasteiger charge is -2.17. The van der Waals surface area contributed by atoms with E-state index in [9.17, 15) is 4.79 Å². The second-order valence-corrected chi connectivity index (χ2v) is 6.14. The Morgan fingerprint density at radius 2 is 2.19 bits per heavy atom. The molecule has 1 aromatic heterocycles. The summed E-state index contributed by atoms with van der Waals surface area (Å²) in [4.78, 5) is 17.0. The number of carbonyl (C=O) groups is 1. The first kappa shape index (κ1) is 13.2. The number of nitrogens with one attached hydrogen (secondary N) is 1. The second kappa shape index (κ2) is 5.43. The van der Waals surface area contributed by atoms with Gasteiger partial charge in [0.15, 0.2) is 0 Å². The van der Waals surface area contributed by atoms with E-state index in [0.29, 0.717) is 13.0 Å². The average molecular weight is 240 g/mol. The Hall–Kier alpha value is -0.900. The number of hydrogen-bond acceptors (Lipinski definition) is 3. The number of rotatable bonds is 4. The highest BCUT2D eigenvalue weighted by molar-refractivity contribution is 7.09. The summed E-state index contributed by atoms with van der Waals surface area (Å²) in [6, 6.07) is 0. The fraction of sp³-hybridized carbons (Fsp3) is 0.667. The van der Waals surface area contributed by atoms with E-state index in [1.165, 1.54) is 4.88 Å². The van der Waals surface area contributed by atoms with Crippen molar-refractivity contribution in [2.24, 2.45) is 5.41 Å². The molecule has 1 amide bonds. The van der Waals surface area contributed by atoms with Crippen LogP contribution < -0.4 is 5.32 Å². The van der Waals surface area contributed by atoms with Gasteiger partial charge < -0.3 is 5.32 Å². The van der Waals surface area contributed by atoms with Gasteiger partial charge in [0.2, 0.25) is 5.91 Å². The van der Waals surface area contributed by atoms with E-state index in [1.807, 2.05) is 12.4 Å². The van der Waals surface area contributed by atoms with E-state index in [-0.39, 0.29) is 11.3 Å². The molecular formula is C12H20N2OS. The quantitative estimate of drug-likeness (QED) is 0.878. The number of aromatic nitrogens is 1. The number of thiazole rings is 1. The molecule has 16 heavy (non-hydrogen) atoms. The Balaban J connectivity index is 2.26. The summed E-state index contributed by atoms with van der Waals surface area (Å²) in [7, 11) is 0. The predicted octanol–water partition coefficient (Wildman–Crippen LogP) is 2.55. The van der Waals surface area contributed by atoms with Gasteiger partial charge in [-0.05, 0) is 12.3 Å². The summed E-state index contributed by atoms with van der Waals surface area (Å²) in [6.45, 7) is 8.92. The summed E-state index contributed by atoms with van der Waals surface area (Å²) in [5.41, 5.74) is 2.99. The zero-order chi connectivity index (χ0) is 12.2. The van der Waals surface area contributed by atoms with Crippen molar-refractivity contribution in [1.29, 1.82) is 0 Å². The van der Waals surface area contributed by atoms with Crippen LogP contribution in [0.1, 0.15) is 37.8 Å². The first-order valence-electron chi connectivity index (χ1n) is 5.54. The van der Waals surface area contributed by atoms with Gasteiger partial charge in [-0.25, -0.2) is 4.98 Å². The van der Waals surface area contributed by atoms with Crippen LogP contribution in [0.3, 0.4) is 0 Å². The molecule has 0 spiro atoms. The topological polar surface area (TPSA) is 42.0 Å². The lowest BCUT2D eigenvalue weighted by atomic mass is 9.92. The zero-order valence-electron chi connectivity index (χ0n) is 10.5. The third-order valence-corrected chi connectivity index (χ3v) is 3.20. The highest BCUT2D eigenvalue weighted by atomic mass is 32.1. The minimum atomic E-state index is 0.0600. The normalized spacial score (nSPS) is 11.5. The monoisotopic (exact) mass is 240 g/mol. The molecule has 1 heterocycles. The van der Waals surface area contributed by atoms with Gasteiger partial charge in [-0.2, -0.15) is 0 Å². The van der Waals surface area contributed by atoms with Crippen molar-refractivity contribution in [2.45, 2.75) is 40.5 Å². The standard InChI is InChI=1S/C12H20N2OS/c1-9-10(16-8-14-9)5-6-13-11(15)7-12(2,3)4/h8H,5-7H2,1-4H3,(H,13,15). The molecule has 4 heteroatoms. The molecule has 0 aliphatic heterocycles. The van der Waals surface area contributed by atoms with Gasteiger partial charge in [0.25, 0.3) is 0 Å². The minimum Gasteiger partial charge on any atom is -0.356 e. The van der Waals surface area contributed by atoms with E-state index in [4.69, 9.17) is 0 Å². The highest BCUT2D eigenvalue weighted by Crippen LogP contribution is 2.18. The molecule has 0 aliphatic rings. The van der Waals surface area contributed by atoms with Crippen molar-refractivity contribution >= 4 is 17.2 Å². The largest absolute Gasteiger partial charge is 0.356 e. The summed E-state index contributed by atoms with van der Waals surface area (Å²) in [5.74, 6) is 0.134. The smallest absolute Gasteiger partial charge is 0.220 e. The van der Waals surface area contributed by atoms with Crippen molar-refractivity contribution in [3.8, 4) is 0 Å². The van der Waals surface area contributed by atoms with Gasteiger partial charge in [-0.3, -0.25) is 4.79 Å². The van der Waals surface area contributed by atoms with Crippen LogP contribution in [0.2, 0.25) is 0 Å². The molecule has 0 atom stereocenters. The van der Waals surface area contributed by atoms with E-state index in [1.54, 1.807) is 11.3 Å². The molecule has 0 saturated carbocycles. The molecule has 0 aliphatic carbocycles. The maximum atomic E-state index is 11.5. The number of aryl methyl sites for hydroxylation is 1. The van der Waals surface area contributed by atoms with Crippen LogP contribution in [-0.4, -0.2) is 17.4 Å². The van der Waals surface area contributed by atoms with Gasteiger partial charge in [0, 0.05) is 24.3 Å². The Labute approximate surface area is 101 Å². The first-order valence-corrected chi connectivity index (χ1v) is 6.42. The van der Waals surface area contributed by atoms with Crippen molar-refractivity contribution in [3.63, 3.8) is 0 Å². The van der Waals surface area contributed by atoms with Crippen molar-refractivity contribution in [1.82, 2.24) is 10.3 Å². The molecule has 1 N–H and O–H groups in total. The molecule has 1 rings (SSSR count). The number of hydrogen-bond donors (Lipinski definition) is 1. The van der Waals surface area contributed by atoms with E-state index in [0.717, 1.165) is 12.1 Å². The zero-order valence-corrected chi connectivity index (χ0v) is 11.3. The van der Waals surface area contributed by atoms with Gasteiger partial charge in [-0.1, -0.05) is 20.8 Å². The molecule has 0 bridgehead atoms. The number of amides is 1. The molecule has 0 radical (unpaired) electrons. The van der Waals surface area contributed by atoms with Gasteiger partial charge in [0.1, 0.15) is 0 Å². The summed E-state index contributed by atoms with van der Waals surface area (Å²) in [6.07, 6.45) is 1.46. The van der Waals surface area contributed by atoms with E-state index >= 15 is 0 Å². The van der Waals surface area contributed by atoms with E-state index in [2.05, 4.69) is 31.1 Å². The van der Waals surface area contributed by atoms with Crippen LogP contribution in [-0.2, 0) is 11.2 Å². The van der Waals surface area contributed by atoms with Crippen LogP contribution in [0.4, 0.5) is 0 Å². The predicted molar refractivity (Wildman–Crippen MR) is 67.6 cm³/mol. The molecule has 0 fully saturated rings. The van der Waals surface area contributed by atoms with Gasteiger partial charge in [0.05, 0.1) is 11.2 Å². The Bertz CT molecular complexity index is 352. The molecule has 0 aromatic carbocycles. The Kier molecular flexibility index (Phi) is 4.47. The lowest BCUT2D eigenvalue weighted by molar-refractivity contribution is -0.122. The van der Waals surface area contributed by atoms with Crippen LogP contribution in [0.25, 0.3) is 0 Å². The third kappa shape index (κ3) is 4.75. The average Bonchev–Trinajstić information content (AvgIpc) is 2.48. The van der Waals surface area contributed by atoms with Crippen LogP contribution in [0, 0.1) is 12.3 Å². The number of nitrogens with zero attached hydrogens (tertiary/aromatic N) is 1. The molecule has 90 valence electrons. The first-order chi connectivity index (χ1) is 7.38. The highest BCUT2D eigenvalue weighted by Gasteiger charge is 2.15. The van der Waals surface area contributed by atoms with Crippen LogP contribution in [0.5, 0.6) is 0 Å². The maximum Gasteiger partial charge on any atom is 0.220 e. The van der Waals surface area contributed by atoms with Crippen LogP contribution in [0.15, 0.2) is 5.51 Å². The number of carbonyl (C=O) groups excluding carboxylic acids is 1. The maximum absolute atomic E-state index is 11.5. The van der Waals surface area contributed by atoms with Gasteiger partial charge in [-0.15, -0.1) is 11.3 Å². The summed E-state index contributed by atoms with van der Waals surface area (Å²) in [5, 5.41) is 2.94. The Morgan fingerprint density at radius 1 is 1.50 bits per heavy atom. The van der Waals surface area contributed by atoms with Crippen molar-refractivity contribution in [3.05, 3.63) is 16.1 Å². The van der Waals surface area contributed by atoms with Gasteiger partial charge >= 0.3 is 0 Å². The summed E-state index contributed by atoms with van der Waals surface area (Å²) < 4.78 is 0. The lowest BCUT2D eigenvalue weighted by Crippen LogP contribution is -2.29. The third-order valence-electron chi connectivity index (χ3n) is 2.21. The molecular weight excluding hydrogens is 220 g/mol. The van der Waals surface area contributed by atoms with Crippen molar-refractivity contribution < 1.29 is 4.79 Å². The molecule has 3 nitrogen and oxygen atoms in total. The SMILES string of the molecule is Cc1ncsc1CCNC(=O)CC(C)(C)C. The Morgan fingerprint density at radius 3 is 2.69 bits per heavy atom. The minimum absolute atomic E-state index is 0.0600. The fourth-order valence-corrected chi connectivity index (χ4v) is 2.21. The van der Waals surface area contributed by atoms with E-state index < -0.39 is 0 Å². The summed E-state index contributed by atoms with van der Waals surface area (Å²) >= 11 is 1.65. The molecule has 1 aromatic rings. The van der Waals surface area contributed by atoms with Crippen molar-refractivity contribution in [2.75, 3.05) is 6.54 Å². The molecule has 0 unspecified atom stereocenters. The second-order valence-electron chi connectivity index (χ2n) is 5.20. The van der Waals surface area contributed by atoms with Crippen LogP contribution >= 0.6 is 11.3 Å².